The van der Waals surface area contributed by atoms with E-state index in [1.165, 1.54) is 5.56 Å². The van der Waals surface area contributed by atoms with Crippen molar-refractivity contribution in [2.45, 2.75) is 39.2 Å². The number of benzene rings is 1. The van der Waals surface area contributed by atoms with Gasteiger partial charge in [-0.15, -0.1) is 0 Å². The van der Waals surface area contributed by atoms with Crippen LogP contribution in [0.15, 0.2) is 22.7 Å². The summed E-state index contributed by atoms with van der Waals surface area (Å²) >= 11 is 3.47. The number of rotatable bonds is 3. The molecular formula is C14H19BrFN. The van der Waals surface area contributed by atoms with Crippen molar-refractivity contribution in [2.75, 3.05) is 6.54 Å². The Morgan fingerprint density at radius 2 is 2.18 bits per heavy atom. The first kappa shape index (κ1) is 13.0. The molecule has 2 atom stereocenters. The van der Waals surface area contributed by atoms with Crippen LogP contribution in [0.2, 0.25) is 0 Å². The number of halogens is 2. The molecule has 0 amide bonds. The Morgan fingerprint density at radius 1 is 1.47 bits per heavy atom. The molecule has 0 heterocycles. The lowest BCUT2D eigenvalue weighted by atomic mass is 9.56. The normalized spacial score (nSPS) is 26.6. The molecule has 3 heteroatoms. The van der Waals surface area contributed by atoms with E-state index < -0.39 is 0 Å². The predicted molar refractivity (Wildman–Crippen MR) is 72.7 cm³/mol. The second-order valence-corrected chi connectivity index (χ2v) is 6.24. The van der Waals surface area contributed by atoms with Crippen LogP contribution in [0.4, 0.5) is 4.39 Å². The number of hydrogen-bond acceptors (Lipinski definition) is 1. The van der Waals surface area contributed by atoms with E-state index in [9.17, 15) is 4.39 Å². The minimum Gasteiger partial charge on any atom is -0.314 e. The van der Waals surface area contributed by atoms with Gasteiger partial charge in [-0.05, 0) is 42.0 Å². The molecule has 1 N–H and O–H groups in total. The first-order chi connectivity index (χ1) is 7.96. The zero-order valence-corrected chi connectivity index (χ0v) is 12.1. The smallest absolute Gasteiger partial charge is 0.124 e. The topological polar surface area (TPSA) is 12.0 Å². The summed E-state index contributed by atoms with van der Waals surface area (Å²) in [6.45, 7) is 7.71. The van der Waals surface area contributed by atoms with E-state index in [1.54, 1.807) is 12.1 Å². The van der Waals surface area contributed by atoms with Crippen molar-refractivity contribution in [1.29, 1.82) is 0 Å². The molecular weight excluding hydrogens is 281 g/mol. The Kier molecular flexibility index (Phi) is 3.60. The van der Waals surface area contributed by atoms with Crippen LogP contribution in [0.5, 0.6) is 0 Å². The molecule has 0 radical (unpaired) electrons. The van der Waals surface area contributed by atoms with Gasteiger partial charge in [-0.3, -0.25) is 0 Å². The van der Waals surface area contributed by atoms with Crippen LogP contribution < -0.4 is 5.32 Å². The van der Waals surface area contributed by atoms with Crippen molar-refractivity contribution in [1.82, 2.24) is 5.32 Å². The molecule has 94 valence electrons. The molecule has 0 spiro atoms. The van der Waals surface area contributed by atoms with Gasteiger partial charge in [0.15, 0.2) is 0 Å². The fourth-order valence-corrected chi connectivity index (χ4v) is 3.46. The van der Waals surface area contributed by atoms with E-state index in [4.69, 9.17) is 0 Å². The van der Waals surface area contributed by atoms with Crippen molar-refractivity contribution < 1.29 is 4.39 Å². The largest absolute Gasteiger partial charge is 0.314 e. The highest BCUT2D eigenvalue weighted by atomic mass is 79.9. The summed E-state index contributed by atoms with van der Waals surface area (Å²) in [5.41, 5.74) is 1.46. The quantitative estimate of drug-likeness (QED) is 0.887. The van der Waals surface area contributed by atoms with Crippen LogP contribution in [-0.2, 0) is 0 Å². The van der Waals surface area contributed by atoms with Gasteiger partial charge in [0.2, 0.25) is 0 Å². The molecule has 0 aliphatic heterocycles. The molecule has 1 nitrogen and oxygen atoms in total. The Morgan fingerprint density at radius 3 is 2.71 bits per heavy atom. The average molecular weight is 300 g/mol. The highest BCUT2D eigenvalue weighted by molar-refractivity contribution is 9.10. The minimum atomic E-state index is -0.180. The summed E-state index contributed by atoms with van der Waals surface area (Å²) in [5, 5.41) is 3.51. The molecule has 2 rings (SSSR count). The fourth-order valence-electron chi connectivity index (χ4n) is 2.83. The maximum atomic E-state index is 13.1. The fraction of sp³-hybridized carbons (Fsp3) is 0.571. The second-order valence-electron chi connectivity index (χ2n) is 5.39. The molecule has 0 saturated heterocycles. The Balaban J connectivity index is 2.20. The molecule has 1 aromatic carbocycles. The van der Waals surface area contributed by atoms with Gasteiger partial charge in [0.1, 0.15) is 5.82 Å². The predicted octanol–water partition coefficient (Wildman–Crippen LogP) is 4.08. The molecule has 0 aromatic heterocycles. The average Bonchev–Trinajstić information content (AvgIpc) is 2.25. The Hall–Kier alpha value is -0.410. The van der Waals surface area contributed by atoms with Crippen molar-refractivity contribution in [2.24, 2.45) is 5.41 Å². The maximum absolute atomic E-state index is 13.1. The number of hydrogen-bond donors (Lipinski definition) is 1. The lowest BCUT2D eigenvalue weighted by Gasteiger charge is -2.53. The first-order valence-corrected chi connectivity index (χ1v) is 6.94. The minimum absolute atomic E-state index is 0.180. The molecule has 0 bridgehead atoms. The van der Waals surface area contributed by atoms with Gasteiger partial charge in [0, 0.05) is 10.5 Å². The highest BCUT2D eigenvalue weighted by Crippen LogP contribution is 2.53. The second kappa shape index (κ2) is 4.69. The molecule has 2 unspecified atom stereocenters. The Bertz CT molecular complexity index is 417. The Labute approximate surface area is 111 Å². The third-order valence-electron chi connectivity index (χ3n) is 4.06. The van der Waals surface area contributed by atoms with Crippen LogP contribution >= 0.6 is 15.9 Å². The first-order valence-electron chi connectivity index (χ1n) is 6.15. The molecule has 1 fully saturated rings. The maximum Gasteiger partial charge on any atom is 0.124 e. The van der Waals surface area contributed by atoms with Gasteiger partial charge >= 0.3 is 0 Å². The van der Waals surface area contributed by atoms with E-state index in [2.05, 4.69) is 42.0 Å². The van der Waals surface area contributed by atoms with Crippen LogP contribution in [-0.4, -0.2) is 12.6 Å². The van der Waals surface area contributed by atoms with Crippen molar-refractivity contribution in [3.63, 3.8) is 0 Å². The molecule has 1 aromatic rings. The summed E-state index contributed by atoms with van der Waals surface area (Å²) in [4.78, 5) is 0. The van der Waals surface area contributed by atoms with Gasteiger partial charge in [-0.2, -0.15) is 0 Å². The van der Waals surface area contributed by atoms with Crippen LogP contribution in [0, 0.1) is 11.2 Å². The third kappa shape index (κ3) is 2.27. The summed E-state index contributed by atoms with van der Waals surface area (Å²) in [6.07, 6.45) is 1.13. The van der Waals surface area contributed by atoms with Gasteiger partial charge < -0.3 is 5.32 Å². The van der Waals surface area contributed by atoms with Gasteiger partial charge in [-0.25, -0.2) is 4.39 Å². The molecule has 17 heavy (non-hydrogen) atoms. The van der Waals surface area contributed by atoms with Gasteiger partial charge in [0.25, 0.3) is 0 Å². The van der Waals surface area contributed by atoms with Crippen molar-refractivity contribution in [3.8, 4) is 0 Å². The van der Waals surface area contributed by atoms with E-state index in [1.807, 2.05) is 6.07 Å². The van der Waals surface area contributed by atoms with E-state index in [0.29, 0.717) is 12.0 Å². The molecule has 1 saturated carbocycles. The van der Waals surface area contributed by atoms with Crippen LogP contribution in [0.1, 0.15) is 38.7 Å². The molecule has 1 aliphatic carbocycles. The number of nitrogens with one attached hydrogen (secondary N) is 1. The van der Waals surface area contributed by atoms with Gasteiger partial charge in [-0.1, -0.05) is 42.8 Å². The van der Waals surface area contributed by atoms with Crippen molar-refractivity contribution >= 4 is 15.9 Å². The zero-order valence-electron chi connectivity index (χ0n) is 10.6. The van der Waals surface area contributed by atoms with E-state index in [-0.39, 0.29) is 11.2 Å². The summed E-state index contributed by atoms with van der Waals surface area (Å²) in [5.74, 6) is 0.322. The molecule has 1 aliphatic rings. The van der Waals surface area contributed by atoms with Crippen LogP contribution in [0.25, 0.3) is 0 Å². The van der Waals surface area contributed by atoms with E-state index >= 15 is 0 Å². The lowest BCUT2D eigenvalue weighted by Crippen LogP contribution is -2.55. The van der Waals surface area contributed by atoms with Crippen molar-refractivity contribution in [3.05, 3.63) is 34.1 Å². The van der Waals surface area contributed by atoms with Gasteiger partial charge in [0.05, 0.1) is 0 Å². The highest BCUT2D eigenvalue weighted by Gasteiger charge is 2.48. The summed E-state index contributed by atoms with van der Waals surface area (Å²) < 4.78 is 14.0. The summed E-state index contributed by atoms with van der Waals surface area (Å²) in [6, 6.07) is 5.59. The third-order valence-corrected chi connectivity index (χ3v) is 4.74. The SMILES string of the molecule is CCNC1CC(c2ccc(F)cc2Br)C1(C)C. The zero-order chi connectivity index (χ0) is 12.6. The monoisotopic (exact) mass is 299 g/mol. The lowest BCUT2D eigenvalue weighted by molar-refractivity contribution is 0.0702. The van der Waals surface area contributed by atoms with Crippen LogP contribution in [0.3, 0.4) is 0 Å². The summed E-state index contributed by atoms with van der Waals surface area (Å²) in [7, 11) is 0. The standard InChI is InChI=1S/C14H19BrFN/c1-4-17-13-8-11(14(13,2)3)10-6-5-9(16)7-12(10)15/h5-7,11,13,17H,4,8H2,1-3H3. The van der Waals surface area contributed by atoms with E-state index in [0.717, 1.165) is 17.4 Å².